The van der Waals surface area contributed by atoms with Crippen molar-refractivity contribution >= 4 is 39.1 Å². The number of rotatable bonds is 0. The van der Waals surface area contributed by atoms with Gasteiger partial charge in [0.2, 0.25) is 0 Å². The molecule has 1 heterocycles. The summed E-state index contributed by atoms with van der Waals surface area (Å²) >= 11 is 0.143. The second kappa shape index (κ2) is 5.84. The third-order valence-corrected chi connectivity index (χ3v) is 4.53. The van der Waals surface area contributed by atoms with Crippen molar-refractivity contribution in [1.29, 1.82) is 0 Å². The van der Waals surface area contributed by atoms with Gasteiger partial charge in [0.05, 0.1) is 16.8 Å². The largest absolute Gasteiger partial charge is 0.755 e. The van der Waals surface area contributed by atoms with Gasteiger partial charge in [-0.1, -0.05) is 0 Å². The SMILES string of the molecule is C1=Cc2ccccc2[Te]C1.F[P+](F)(F)F. The van der Waals surface area contributed by atoms with Crippen molar-refractivity contribution in [3.05, 3.63) is 35.9 Å². The normalized spacial score (nSPS) is 13.9. The summed E-state index contributed by atoms with van der Waals surface area (Å²) in [5.41, 5.74) is 1.45. The van der Waals surface area contributed by atoms with E-state index in [0.29, 0.717) is 0 Å². The summed E-state index contributed by atoms with van der Waals surface area (Å²) in [7, 11) is -6.39. The van der Waals surface area contributed by atoms with Crippen LogP contribution in [0.3, 0.4) is 0 Å². The third-order valence-electron chi connectivity index (χ3n) is 1.55. The van der Waals surface area contributed by atoms with E-state index in [0.717, 1.165) is 0 Å². The number of hydrogen-bond acceptors (Lipinski definition) is 0. The molecule has 6 heteroatoms. The summed E-state index contributed by atoms with van der Waals surface area (Å²) in [6.45, 7) is 0. The molecule has 15 heavy (non-hydrogen) atoms. The van der Waals surface area contributed by atoms with Crippen molar-refractivity contribution in [3.63, 3.8) is 0 Å². The zero-order chi connectivity index (χ0) is 11.3. The molecular formula is C9H8F4PTe+. The number of halogens is 4. The zero-order valence-corrected chi connectivity index (χ0v) is 10.8. The Kier molecular flexibility index (Phi) is 5.05. The van der Waals surface area contributed by atoms with E-state index in [1.165, 1.54) is 10.0 Å². The summed E-state index contributed by atoms with van der Waals surface area (Å²) in [5.74, 6) is 0. The van der Waals surface area contributed by atoms with E-state index in [9.17, 15) is 16.8 Å². The van der Waals surface area contributed by atoms with Crippen LogP contribution < -0.4 is 3.61 Å². The van der Waals surface area contributed by atoms with Gasteiger partial charge >= 0.3 is 79.5 Å². The molecule has 0 unspecified atom stereocenters. The van der Waals surface area contributed by atoms with Crippen molar-refractivity contribution in [2.45, 2.75) is 4.47 Å². The van der Waals surface area contributed by atoms with Crippen molar-refractivity contribution in [2.75, 3.05) is 0 Å². The quantitative estimate of drug-likeness (QED) is 0.377. The maximum absolute atomic E-state index is 9.80. The van der Waals surface area contributed by atoms with E-state index in [1.54, 1.807) is 3.61 Å². The van der Waals surface area contributed by atoms with Gasteiger partial charge in [-0.05, 0) is 0 Å². The first kappa shape index (κ1) is 13.0. The van der Waals surface area contributed by atoms with E-state index in [2.05, 4.69) is 36.4 Å². The monoisotopic (exact) mass is 353 g/mol. The van der Waals surface area contributed by atoms with Gasteiger partial charge in [0.15, 0.2) is 0 Å². The molecule has 0 aromatic heterocycles. The van der Waals surface area contributed by atoms with Gasteiger partial charge in [-0.2, -0.15) is 0 Å². The van der Waals surface area contributed by atoms with Gasteiger partial charge in [-0.15, -0.1) is 0 Å². The fourth-order valence-corrected chi connectivity index (χ4v) is 3.49. The molecule has 0 saturated carbocycles. The van der Waals surface area contributed by atoms with Crippen LogP contribution in [0.25, 0.3) is 6.08 Å². The first-order chi connectivity index (χ1) is 6.97. The maximum Gasteiger partial charge on any atom is 0.755 e. The molecule has 0 saturated heterocycles. The van der Waals surface area contributed by atoms with Gasteiger partial charge in [0.25, 0.3) is 0 Å². The average Bonchev–Trinajstić information content (AvgIpc) is 2.16. The van der Waals surface area contributed by atoms with Crippen LogP contribution >= 0.6 is 8.51 Å². The van der Waals surface area contributed by atoms with Crippen LogP contribution in [-0.2, 0) is 0 Å². The Morgan fingerprint density at radius 3 is 2.27 bits per heavy atom. The standard InChI is InChI=1S/C9H8Te.F4P/c1-2-6-9-8(4-1)5-3-7-10-9;1-5(2,3)4/h1-6H,7H2;/q;+1. The molecule has 0 amide bonds. The molecule has 1 aromatic carbocycles. The smallest absolute Gasteiger partial charge is 0.0611 e. The molecule has 0 N–H and O–H groups in total. The minimum Gasteiger partial charge on any atom is 0.0611 e. The van der Waals surface area contributed by atoms with Crippen LogP contribution in [0.2, 0.25) is 4.47 Å². The predicted octanol–water partition coefficient (Wildman–Crippen LogP) is 4.00. The van der Waals surface area contributed by atoms with E-state index in [1.807, 2.05) is 0 Å². The molecule has 1 aliphatic rings. The minimum atomic E-state index is -6.39. The molecule has 0 fully saturated rings. The molecule has 82 valence electrons. The van der Waals surface area contributed by atoms with Crippen LogP contribution in [0, 0.1) is 0 Å². The zero-order valence-electron chi connectivity index (χ0n) is 7.54. The molecule has 0 aliphatic carbocycles. The molecule has 2 rings (SSSR count). The number of fused-ring (bicyclic) bond motifs is 1. The fourth-order valence-electron chi connectivity index (χ4n) is 1.06. The first-order valence-electron chi connectivity index (χ1n) is 4.03. The third kappa shape index (κ3) is 6.14. The van der Waals surface area contributed by atoms with E-state index >= 15 is 0 Å². The average molecular weight is 351 g/mol. The van der Waals surface area contributed by atoms with Crippen molar-refractivity contribution in [3.8, 4) is 0 Å². The van der Waals surface area contributed by atoms with Gasteiger partial charge in [-0.3, -0.25) is 0 Å². The van der Waals surface area contributed by atoms with E-state index < -0.39 is 8.51 Å². The fraction of sp³-hybridized carbons (Fsp3) is 0.111. The van der Waals surface area contributed by atoms with Crippen LogP contribution in [0.1, 0.15) is 5.56 Å². The Morgan fingerprint density at radius 1 is 1.07 bits per heavy atom. The van der Waals surface area contributed by atoms with Crippen LogP contribution in [0.4, 0.5) is 16.8 Å². The molecule has 1 aliphatic heterocycles. The molecule has 0 radical (unpaired) electrons. The summed E-state index contributed by atoms with van der Waals surface area (Å²) in [6, 6.07) is 8.72. The Morgan fingerprint density at radius 2 is 1.67 bits per heavy atom. The van der Waals surface area contributed by atoms with Gasteiger partial charge in [0, 0.05) is 0 Å². The predicted molar refractivity (Wildman–Crippen MR) is 57.0 cm³/mol. The van der Waals surface area contributed by atoms with Crippen molar-refractivity contribution < 1.29 is 16.8 Å². The molecular weight excluding hydrogens is 343 g/mol. The molecule has 0 nitrogen and oxygen atoms in total. The van der Waals surface area contributed by atoms with Crippen LogP contribution in [0.5, 0.6) is 0 Å². The van der Waals surface area contributed by atoms with E-state index in [4.69, 9.17) is 0 Å². The Bertz CT molecular complexity index is 342. The minimum absolute atomic E-state index is 0.143. The van der Waals surface area contributed by atoms with Crippen LogP contribution in [-0.4, -0.2) is 20.9 Å². The Balaban J connectivity index is 0.000000195. The molecule has 0 spiro atoms. The molecule has 0 atom stereocenters. The number of hydrogen-bond donors (Lipinski definition) is 0. The summed E-state index contributed by atoms with van der Waals surface area (Å²) in [5, 5.41) is 0. The number of allylic oxidation sites excluding steroid dienone is 1. The van der Waals surface area contributed by atoms with E-state index in [-0.39, 0.29) is 20.9 Å². The summed E-state index contributed by atoms with van der Waals surface area (Å²) in [4.78, 5) is 0. The van der Waals surface area contributed by atoms with Gasteiger partial charge in [-0.25, -0.2) is 0 Å². The number of benzene rings is 1. The second-order valence-electron chi connectivity index (χ2n) is 2.63. The Labute approximate surface area is 96.3 Å². The molecule has 1 aromatic rings. The summed E-state index contributed by atoms with van der Waals surface area (Å²) in [6.07, 6.45) is 4.54. The van der Waals surface area contributed by atoms with Crippen molar-refractivity contribution in [1.82, 2.24) is 0 Å². The van der Waals surface area contributed by atoms with Gasteiger partial charge < -0.3 is 0 Å². The van der Waals surface area contributed by atoms with Crippen LogP contribution in [0.15, 0.2) is 30.3 Å². The summed E-state index contributed by atoms with van der Waals surface area (Å²) < 4.78 is 42.2. The van der Waals surface area contributed by atoms with Gasteiger partial charge in [0.1, 0.15) is 0 Å². The second-order valence-corrected chi connectivity index (χ2v) is 6.43. The topological polar surface area (TPSA) is 0 Å². The van der Waals surface area contributed by atoms with Crippen molar-refractivity contribution in [2.24, 2.45) is 0 Å². The first-order valence-corrected chi connectivity index (χ1v) is 8.19. The Hall–Kier alpha value is -0.100. The maximum atomic E-state index is 9.80. The molecule has 0 bridgehead atoms.